The van der Waals surface area contributed by atoms with Crippen molar-refractivity contribution in [2.24, 2.45) is 0 Å². The zero-order valence-electron chi connectivity index (χ0n) is 14.3. The molecule has 5 nitrogen and oxygen atoms in total. The molecular formula is C19H21N3O2S. The molecule has 2 heterocycles. The molecule has 25 heavy (non-hydrogen) atoms. The fourth-order valence-electron chi connectivity index (χ4n) is 2.74. The average molecular weight is 355 g/mol. The van der Waals surface area contributed by atoms with Crippen molar-refractivity contribution in [3.05, 3.63) is 69.9 Å². The van der Waals surface area contributed by atoms with Crippen LogP contribution in [0.25, 0.3) is 10.9 Å². The van der Waals surface area contributed by atoms with Crippen LogP contribution in [0.4, 0.5) is 0 Å². The van der Waals surface area contributed by atoms with E-state index in [-0.39, 0.29) is 5.56 Å². The molecular weight excluding hydrogens is 334 g/mol. The third kappa shape index (κ3) is 4.09. The Labute approximate surface area is 151 Å². The fraction of sp³-hybridized carbons (Fsp3) is 0.263. The van der Waals surface area contributed by atoms with E-state index in [1.165, 1.54) is 0 Å². The number of aromatic nitrogens is 1. The van der Waals surface area contributed by atoms with Crippen LogP contribution in [-0.4, -0.2) is 21.5 Å². The summed E-state index contributed by atoms with van der Waals surface area (Å²) < 4.78 is 5.43. The topological polar surface area (TPSA) is 61.3 Å². The van der Waals surface area contributed by atoms with Crippen LogP contribution >= 0.6 is 12.2 Å². The third-order valence-corrected chi connectivity index (χ3v) is 4.38. The van der Waals surface area contributed by atoms with Gasteiger partial charge in [-0.3, -0.25) is 4.79 Å². The number of H-pyrrole nitrogens is 1. The Morgan fingerprint density at radius 2 is 2.12 bits per heavy atom. The molecule has 0 spiro atoms. The van der Waals surface area contributed by atoms with E-state index in [2.05, 4.69) is 10.3 Å². The largest absolute Gasteiger partial charge is 0.467 e. The molecule has 2 N–H and O–H groups in total. The average Bonchev–Trinajstić information content (AvgIpc) is 3.08. The van der Waals surface area contributed by atoms with Gasteiger partial charge in [0.25, 0.3) is 5.56 Å². The van der Waals surface area contributed by atoms with Crippen molar-refractivity contribution in [3.8, 4) is 0 Å². The monoisotopic (exact) mass is 355 g/mol. The first-order valence-electron chi connectivity index (χ1n) is 8.24. The third-order valence-electron chi connectivity index (χ3n) is 3.98. The van der Waals surface area contributed by atoms with Crippen molar-refractivity contribution in [1.29, 1.82) is 0 Å². The number of hydrogen-bond acceptors (Lipinski definition) is 3. The van der Waals surface area contributed by atoms with Gasteiger partial charge in [-0.2, -0.15) is 0 Å². The van der Waals surface area contributed by atoms with Crippen LogP contribution < -0.4 is 10.9 Å². The fourth-order valence-corrected chi connectivity index (χ4v) is 3.01. The van der Waals surface area contributed by atoms with E-state index in [4.69, 9.17) is 16.6 Å². The summed E-state index contributed by atoms with van der Waals surface area (Å²) in [6, 6.07) is 11.7. The quantitative estimate of drug-likeness (QED) is 0.688. The zero-order chi connectivity index (χ0) is 17.8. The second kappa shape index (κ2) is 7.53. The summed E-state index contributed by atoms with van der Waals surface area (Å²) in [4.78, 5) is 17.4. The van der Waals surface area contributed by atoms with Crippen molar-refractivity contribution in [3.63, 3.8) is 0 Å². The molecule has 1 aromatic carbocycles. The highest BCUT2D eigenvalue weighted by Gasteiger charge is 2.14. The van der Waals surface area contributed by atoms with Gasteiger partial charge in [-0.15, -0.1) is 0 Å². The minimum atomic E-state index is -0.0955. The van der Waals surface area contributed by atoms with Gasteiger partial charge in [-0.25, -0.2) is 0 Å². The molecule has 0 saturated heterocycles. The molecule has 2 aromatic heterocycles. The van der Waals surface area contributed by atoms with Gasteiger partial charge in [0, 0.05) is 17.6 Å². The minimum Gasteiger partial charge on any atom is -0.467 e. The number of rotatable bonds is 5. The molecule has 0 aliphatic rings. The van der Waals surface area contributed by atoms with Crippen molar-refractivity contribution >= 4 is 28.2 Å². The van der Waals surface area contributed by atoms with E-state index in [1.807, 2.05) is 55.1 Å². The standard InChI is InChI=1S/C19H21N3O2S/c1-3-20-19(25)22(12-16-5-4-8-24-16)11-15-10-14-7-6-13(2)9-17(14)21-18(15)23/h4-10H,3,11-12H2,1-2H3,(H,20,25)(H,21,23). The van der Waals surface area contributed by atoms with Crippen molar-refractivity contribution in [2.45, 2.75) is 26.9 Å². The van der Waals surface area contributed by atoms with E-state index in [0.717, 1.165) is 28.8 Å². The Morgan fingerprint density at radius 1 is 1.28 bits per heavy atom. The molecule has 0 amide bonds. The molecule has 0 atom stereocenters. The van der Waals surface area contributed by atoms with Gasteiger partial charge in [0.05, 0.1) is 19.4 Å². The van der Waals surface area contributed by atoms with Crippen LogP contribution in [-0.2, 0) is 13.1 Å². The number of nitrogens with one attached hydrogen (secondary N) is 2. The van der Waals surface area contributed by atoms with Crippen LogP contribution in [0.5, 0.6) is 0 Å². The maximum absolute atomic E-state index is 12.5. The van der Waals surface area contributed by atoms with Gasteiger partial charge in [-0.1, -0.05) is 12.1 Å². The maximum atomic E-state index is 12.5. The highest BCUT2D eigenvalue weighted by atomic mass is 32.1. The second-order valence-electron chi connectivity index (χ2n) is 5.99. The number of fused-ring (bicyclic) bond motifs is 1. The highest BCUT2D eigenvalue weighted by molar-refractivity contribution is 7.80. The predicted octanol–water partition coefficient (Wildman–Crippen LogP) is 3.33. The summed E-state index contributed by atoms with van der Waals surface area (Å²) in [5.41, 5.74) is 2.54. The number of aryl methyl sites for hydroxylation is 1. The molecule has 6 heteroatoms. The number of pyridine rings is 1. The number of furan rings is 1. The van der Waals surface area contributed by atoms with Crippen LogP contribution in [0, 0.1) is 6.92 Å². The number of benzene rings is 1. The molecule has 0 unspecified atom stereocenters. The van der Waals surface area contributed by atoms with Crippen LogP contribution in [0.1, 0.15) is 23.8 Å². The van der Waals surface area contributed by atoms with Crippen LogP contribution in [0.15, 0.2) is 51.9 Å². The van der Waals surface area contributed by atoms with E-state index in [9.17, 15) is 4.79 Å². The SMILES string of the molecule is CCNC(=S)N(Cc1ccco1)Cc1cc2ccc(C)cc2[nH]c1=O. The summed E-state index contributed by atoms with van der Waals surface area (Å²) in [6.45, 7) is 5.63. The van der Waals surface area contributed by atoms with Crippen LogP contribution in [0.2, 0.25) is 0 Å². The smallest absolute Gasteiger partial charge is 0.253 e. The van der Waals surface area contributed by atoms with Gasteiger partial charge < -0.3 is 19.6 Å². The maximum Gasteiger partial charge on any atom is 0.253 e. The van der Waals surface area contributed by atoms with Crippen LogP contribution in [0.3, 0.4) is 0 Å². The molecule has 0 fully saturated rings. The Morgan fingerprint density at radius 3 is 2.84 bits per heavy atom. The highest BCUT2D eigenvalue weighted by Crippen LogP contribution is 2.15. The molecule has 0 aliphatic carbocycles. The first-order valence-corrected chi connectivity index (χ1v) is 8.65. The van der Waals surface area contributed by atoms with E-state index >= 15 is 0 Å². The van der Waals surface area contributed by atoms with Crippen molar-refractivity contribution in [1.82, 2.24) is 15.2 Å². The molecule has 0 aliphatic heterocycles. The van der Waals surface area contributed by atoms with Crippen molar-refractivity contribution in [2.75, 3.05) is 6.54 Å². The molecule has 3 aromatic rings. The van der Waals surface area contributed by atoms with Gasteiger partial charge in [0.2, 0.25) is 0 Å². The Kier molecular flexibility index (Phi) is 5.19. The predicted molar refractivity (Wildman–Crippen MR) is 104 cm³/mol. The van der Waals surface area contributed by atoms with E-state index in [0.29, 0.717) is 23.8 Å². The number of nitrogens with zero attached hydrogens (tertiary/aromatic N) is 1. The normalized spacial score (nSPS) is 10.8. The molecule has 130 valence electrons. The molecule has 0 saturated carbocycles. The summed E-state index contributed by atoms with van der Waals surface area (Å²) in [5, 5.41) is 4.75. The lowest BCUT2D eigenvalue weighted by Crippen LogP contribution is -2.39. The summed E-state index contributed by atoms with van der Waals surface area (Å²) >= 11 is 5.46. The molecule has 0 bridgehead atoms. The summed E-state index contributed by atoms with van der Waals surface area (Å²) in [7, 11) is 0. The number of thiocarbonyl (C=S) groups is 1. The lowest BCUT2D eigenvalue weighted by molar-refractivity contribution is 0.351. The van der Waals surface area contributed by atoms with Crippen molar-refractivity contribution < 1.29 is 4.42 Å². The van der Waals surface area contributed by atoms with Gasteiger partial charge in [-0.05, 0) is 61.3 Å². The first kappa shape index (κ1) is 17.2. The van der Waals surface area contributed by atoms with E-state index < -0.39 is 0 Å². The Hall–Kier alpha value is -2.60. The second-order valence-corrected chi connectivity index (χ2v) is 6.37. The van der Waals surface area contributed by atoms with Gasteiger partial charge >= 0.3 is 0 Å². The number of hydrogen-bond donors (Lipinski definition) is 2. The lowest BCUT2D eigenvalue weighted by Gasteiger charge is -2.24. The van der Waals surface area contributed by atoms with Gasteiger partial charge in [0.1, 0.15) is 5.76 Å². The zero-order valence-corrected chi connectivity index (χ0v) is 15.2. The Bertz CT molecular complexity index is 931. The first-order chi connectivity index (χ1) is 12.1. The number of aromatic amines is 1. The molecule has 0 radical (unpaired) electrons. The van der Waals surface area contributed by atoms with Gasteiger partial charge in [0.15, 0.2) is 5.11 Å². The summed E-state index contributed by atoms with van der Waals surface area (Å²) in [5.74, 6) is 0.799. The van der Waals surface area contributed by atoms with E-state index in [1.54, 1.807) is 6.26 Å². The molecule has 3 rings (SSSR count). The lowest BCUT2D eigenvalue weighted by atomic mass is 10.1. The Balaban J connectivity index is 1.91. The minimum absolute atomic E-state index is 0.0955. The summed E-state index contributed by atoms with van der Waals surface area (Å²) in [6.07, 6.45) is 1.63.